The molecule has 0 saturated heterocycles. The Hall–Kier alpha value is -1.57. The van der Waals surface area contributed by atoms with Crippen molar-refractivity contribution in [2.24, 2.45) is 5.16 Å². The van der Waals surface area contributed by atoms with Crippen molar-refractivity contribution in [3.05, 3.63) is 42.0 Å². The maximum atomic E-state index is 8.35. The molecule has 0 fully saturated rings. The summed E-state index contributed by atoms with van der Waals surface area (Å²) in [6.45, 7) is 1.74. The zero-order valence-corrected chi connectivity index (χ0v) is 6.94. The van der Waals surface area contributed by atoms with Gasteiger partial charge in [0.15, 0.2) is 0 Å². The molecule has 2 nitrogen and oxygen atoms in total. The minimum Gasteiger partial charge on any atom is -0.411 e. The third-order valence-corrected chi connectivity index (χ3v) is 1.47. The first-order valence-corrected chi connectivity index (χ1v) is 3.74. The quantitative estimate of drug-likeness (QED) is 0.403. The third-order valence-electron chi connectivity index (χ3n) is 1.47. The third kappa shape index (κ3) is 2.58. The molecule has 1 rings (SSSR count). The van der Waals surface area contributed by atoms with Gasteiger partial charge in [-0.2, -0.15) is 0 Å². The van der Waals surface area contributed by atoms with Crippen molar-refractivity contribution in [1.29, 1.82) is 0 Å². The number of oxime groups is 1. The van der Waals surface area contributed by atoms with E-state index in [1.807, 2.05) is 36.4 Å². The van der Waals surface area contributed by atoms with Crippen LogP contribution in [-0.2, 0) is 0 Å². The first-order valence-electron chi connectivity index (χ1n) is 3.74. The SMILES string of the molecule is CC(/C=C\c1ccccc1)=N\O. The van der Waals surface area contributed by atoms with E-state index in [4.69, 9.17) is 5.21 Å². The number of nitrogens with zero attached hydrogens (tertiary/aromatic N) is 1. The summed E-state index contributed by atoms with van der Waals surface area (Å²) in [5.41, 5.74) is 1.69. The van der Waals surface area contributed by atoms with Gasteiger partial charge in [0.2, 0.25) is 0 Å². The van der Waals surface area contributed by atoms with E-state index in [0.29, 0.717) is 5.71 Å². The Kier molecular flexibility index (Phi) is 3.08. The second kappa shape index (κ2) is 4.34. The van der Waals surface area contributed by atoms with Crippen molar-refractivity contribution >= 4 is 11.8 Å². The highest BCUT2D eigenvalue weighted by molar-refractivity contribution is 5.95. The monoisotopic (exact) mass is 161 g/mol. The van der Waals surface area contributed by atoms with Gasteiger partial charge in [0.1, 0.15) is 0 Å². The molecule has 2 heteroatoms. The molecule has 62 valence electrons. The lowest BCUT2D eigenvalue weighted by molar-refractivity contribution is 0.319. The molecule has 0 spiro atoms. The topological polar surface area (TPSA) is 32.6 Å². The van der Waals surface area contributed by atoms with Gasteiger partial charge < -0.3 is 5.21 Å². The van der Waals surface area contributed by atoms with Crippen LogP contribution in [-0.4, -0.2) is 10.9 Å². The van der Waals surface area contributed by atoms with Crippen LogP contribution in [0, 0.1) is 0 Å². The van der Waals surface area contributed by atoms with E-state index in [1.165, 1.54) is 0 Å². The summed E-state index contributed by atoms with van der Waals surface area (Å²) in [6, 6.07) is 9.86. The molecule has 0 amide bonds. The lowest BCUT2D eigenvalue weighted by Crippen LogP contribution is -1.82. The van der Waals surface area contributed by atoms with Crippen molar-refractivity contribution in [1.82, 2.24) is 0 Å². The molecule has 1 aromatic rings. The molecule has 0 radical (unpaired) electrons. The molecule has 0 heterocycles. The van der Waals surface area contributed by atoms with Crippen LogP contribution in [0.15, 0.2) is 41.6 Å². The predicted molar refractivity (Wildman–Crippen MR) is 50.4 cm³/mol. The molecule has 0 atom stereocenters. The largest absolute Gasteiger partial charge is 0.411 e. The molecule has 0 aromatic heterocycles. The highest BCUT2D eigenvalue weighted by atomic mass is 16.4. The van der Waals surface area contributed by atoms with Crippen LogP contribution >= 0.6 is 0 Å². The Balaban J connectivity index is 2.70. The fraction of sp³-hybridized carbons (Fsp3) is 0.100. The summed E-state index contributed by atoms with van der Waals surface area (Å²) in [5, 5.41) is 11.4. The summed E-state index contributed by atoms with van der Waals surface area (Å²) >= 11 is 0. The van der Waals surface area contributed by atoms with Crippen LogP contribution in [0.25, 0.3) is 6.08 Å². The van der Waals surface area contributed by atoms with Gasteiger partial charge in [0.05, 0.1) is 5.71 Å². The Morgan fingerprint density at radius 1 is 1.33 bits per heavy atom. The van der Waals surface area contributed by atoms with Crippen molar-refractivity contribution in [3.63, 3.8) is 0 Å². The van der Waals surface area contributed by atoms with Gasteiger partial charge in [-0.15, -0.1) is 0 Å². The molecule has 1 aromatic carbocycles. The van der Waals surface area contributed by atoms with Crippen LogP contribution in [0.5, 0.6) is 0 Å². The van der Waals surface area contributed by atoms with E-state index in [1.54, 1.807) is 13.0 Å². The minimum atomic E-state index is 0.596. The molecule has 1 N–H and O–H groups in total. The van der Waals surface area contributed by atoms with Gasteiger partial charge >= 0.3 is 0 Å². The summed E-state index contributed by atoms with van der Waals surface area (Å²) in [5.74, 6) is 0. The van der Waals surface area contributed by atoms with E-state index >= 15 is 0 Å². The van der Waals surface area contributed by atoms with Gasteiger partial charge in [0, 0.05) is 0 Å². The van der Waals surface area contributed by atoms with Gasteiger partial charge in [-0.25, -0.2) is 0 Å². The molecular weight excluding hydrogens is 150 g/mol. The fourth-order valence-corrected chi connectivity index (χ4v) is 0.814. The lowest BCUT2D eigenvalue weighted by atomic mass is 10.2. The lowest BCUT2D eigenvalue weighted by Gasteiger charge is -1.89. The molecule has 0 unspecified atom stereocenters. The van der Waals surface area contributed by atoms with Crippen LogP contribution in [0.1, 0.15) is 12.5 Å². The van der Waals surface area contributed by atoms with E-state index in [0.717, 1.165) is 5.56 Å². The summed E-state index contributed by atoms with van der Waals surface area (Å²) in [7, 11) is 0. The molecule has 0 aliphatic rings. The van der Waals surface area contributed by atoms with Crippen molar-refractivity contribution in [2.75, 3.05) is 0 Å². The maximum absolute atomic E-state index is 8.35. The standard InChI is InChI=1S/C10H11NO/c1-9(11-12)7-8-10-5-3-2-4-6-10/h2-8,12H,1H3/b8-7-,11-9+. The van der Waals surface area contributed by atoms with Crippen LogP contribution < -0.4 is 0 Å². The fourth-order valence-electron chi connectivity index (χ4n) is 0.814. The first-order chi connectivity index (χ1) is 5.83. The minimum absolute atomic E-state index is 0.596. The highest BCUT2D eigenvalue weighted by Crippen LogP contribution is 2.00. The van der Waals surface area contributed by atoms with Gasteiger partial charge in [-0.3, -0.25) is 0 Å². The first kappa shape index (κ1) is 8.53. The Bertz CT molecular complexity index is 288. The zero-order valence-electron chi connectivity index (χ0n) is 6.94. The van der Waals surface area contributed by atoms with E-state index in [9.17, 15) is 0 Å². The zero-order chi connectivity index (χ0) is 8.81. The van der Waals surface area contributed by atoms with E-state index in [-0.39, 0.29) is 0 Å². The van der Waals surface area contributed by atoms with Crippen LogP contribution in [0.3, 0.4) is 0 Å². The van der Waals surface area contributed by atoms with Crippen LogP contribution in [0.4, 0.5) is 0 Å². The normalized spacial score (nSPS) is 12.2. The van der Waals surface area contributed by atoms with Crippen LogP contribution in [0.2, 0.25) is 0 Å². The van der Waals surface area contributed by atoms with Gasteiger partial charge in [0.25, 0.3) is 0 Å². The maximum Gasteiger partial charge on any atom is 0.0765 e. The summed E-state index contributed by atoms with van der Waals surface area (Å²) in [4.78, 5) is 0. The van der Waals surface area contributed by atoms with Crippen molar-refractivity contribution < 1.29 is 5.21 Å². The average molecular weight is 161 g/mol. The van der Waals surface area contributed by atoms with Gasteiger partial charge in [-0.1, -0.05) is 41.6 Å². The second-order valence-corrected chi connectivity index (χ2v) is 2.49. The van der Waals surface area contributed by atoms with E-state index in [2.05, 4.69) is 5.16 Å². The van der Waals surface area contributed by atoms with E-state index < -0.39 is 0 Å². The number of benzene rings is 1. The number of allylic oxidation sites excluding steroid dienone is 1. The predicted octanol–water partition coefficient (Wildman–Crippen LogP) is 2.55. The Morgan fingerprint density at radius 2 is 2.00 bits per heavy atom. The summed E-state index contributed by atoms with van der Waals surface area (Å²) < 4.78 is 0. The van der Waals surface area contributed by atoms with Crippen molar-refractivity contribution in [3.8, 4) is 0 Å². The average Bonchev–Trinajstić information content (AvgIpc) is 2.16. The number of hydrogen-bond donors (Lipinski definition) is 1. The smallest absolute Gasteiger partial charge is 0.0765 e. The molecule has 0 bridgehead atoms. The summed E-state index contributed by atoms with van der Waals surface area (Å²) in [6.07, 6.45) is 3.66. The molecule has 0 saturated carbocycles. The Morgan fingerprint density at radius 3 is 2.58 bits per heavy atom. The highest BCUT2D eigenvalue weighted by Gasteiger charge is 1.84. The van der Waals surface area contributed by atoms with Gasteiger partial charge in [-0.05, 0) is 18.6 Å². The van der Waals surface area contributed by atoms with Crippen molar-refractivity contribution in [2.45, 2.75) is 6.92 Å². The number of rotatable bonds is 2. The molecule has 0 aliphatic heterocycles. The Labute approximate surface area is 71.8 Å². The molecule has 0 aliphatic carbocycles. The second-order valence-electron chi connectivity index (χ2n) is 2.49. The number of hydrogen-bond acceptors (Lipinski definition) is 2. The molecule has 12 heavy (non-hydrogen) atoms. The molecular formula is C10H11NO.